The average Bonchev–Trinajstić information content (AvgIpc) is 3.00. The van der Waals surface area contributed by atoms with E-state index in [9.17, 15) is 24.0 Å². The molecule has 1 fully saturated rings. The van der Waals surface area contributed by atoms with Gasteiger partial charge < -0.3 is 18.9 Å². The van der Waals surface area contributed by atoms with Gasteiger partial charge in [-0.3, -0.25) is 23.9 Å². The van der Waals surface area contributed by atoms with E-state index in [0.717, 1.165) is 10.6 Å². The summed E-state index contributed by atoms with van der Waals surface area (Å²) >= 11 is 0. The molecule has 152 valence electrons. The smallest absolute Gasteiger partial charge is 0.330 e. The molecular formula is C17H20N2O9. The first-order valence-corrected chi connectivity index (χ1v) is 8.28. The van der Waals surface area contributed by atoms with Crippen LogP contribution in [0.5, 0.6) is 0 Å². The van der Waals surface area contributed by atoms with Crippen molar-refractivity contribution in [3.05, 3.63) is 38.7 Å². The van der Waals surface area contributed by atoms with Crippen LogP contribution in [0.15, 0.2) is 21.9 Å². The number of aromatic amines is 1. The lowest BCUT2D eigenvalue weighted by atomic mass is 10.2. The van der Waals surface area contributed by atoms with Gasteiger partial charge in [-0.1, -0.05) is 0 Å². The topological polar surface area (TPSA) is 143 Å². The van der Waals surface area contributed by atoms with E-state index >= 15 is 0 Å². The van der Waals surface area contributed by atoms with Gasteiger partial charge in [-0.15, -0.1) is 0 Å². The molecule has 0 aliphatic carbocycles. The predicted octanol–water partition coefficient (Wildman–Crippen LogP) is -0.495. The second-order valence-electron chi connectivity index (χ2n) is 5.94. The first-order valence-electron chi connectivity index (χ1n) is 8.28. The molecule has 11 heteroatoms. The Bertz CT molecular complexity index is 899. The largest absolute Gasteiger partial charge is 0.466 e. The van der Waals surface area contributed by atoms with Crippen molar-refractivity contribution in [2.75, 3.05) is 13.7 Å². The van der Waals surface area contributed by atoms with Crippen LogP contribution in [0.1, 0.15) is 32.1 Å². The van der Waals surface area contributed by atoms with E-state index in [0.29, 0.717) is 0 Å². The second-order valence-corrected chi connectivity index (χ2v) is 5.94. The molecule has 0 spiro atoms. The Kier molecular flexibility index (Phi) is 6.88. The first-order chi connectivity index (χ1) is 13.2. The summed E-state index contributed by atoms with van der Waals surface area (Å²) in [6.07, 6.45) is 1.02. The molecule has 0 radical (unpaired) electrons. The number of methoxy groups -OCH3 is 1. The molecule has 1 aliphatic heterocycles. The highest BCUT2D eigenvalue weighted by atomic mass is 16.6. The van der Waals surface area contributed by atoms with E-state index in [2.05, 4.69) is 9.72 Å². The highest BCUT2D eigenvalue weighted by molar-refractivity contribution is 5.86. The molecule has 11 nitrogen and oxygen atoms in total. The number of hydrogen-bond acceptors (Lipinski definition) is 9. The van der Waals surface area contributed by atoms with Crippen LogP contribution in [0.4, 0.5) is 0 Å². The molecule has 0 unspecified atom stereocenters. The minimum Gasteiger partial charge on any atom is -0.466 e. The number of H-pyrrole nitrogens is 1. The molecule has 28 heavy (non-hydrogen) atoms. The van der Waals surface area contributed by atoms with E-state index in [1.165, 1.54) is 33.2 Å². The van der Waals surface area contributed by atoms with Crippen LogP contribution in [0, 0.1) is 0 Å². The number of nitrogens with one attached hydrogen (secondary N) is 1. The van der Waals surface area contributed by atoms with Crippen molar-refractivity contribution in [2.24, 2.45) is 0 Å². The summed E-state index contributed by atoms with van der Waals surface area (Å²) in [7, 11) is 1.18. The SMILES string of the molecule is COC(=O)C=Cc1cn([C@@H]2O[C@H](COC(C)=O)C[C@H]2OC(C)=O)c(=O)[nH]c1=O. The summed E-state index contributed by atoms with van der Waals surface area (Å²) in [5, 5.41) is 0. The summed E-state index contributed by atoms with van der Waals surface area (Å²) < 4.78 is 21.3. The van der Waals surface area contributed by atoms with Crippen LogP contribution in [0.3, 0.4) is 0 Å². The van der Waals surface area contributed by atoms with Crippen molar-refractivity contribution in [3.8, 4) is 0 Å². The maximum Gasteiger partial charge on any atom is 0.330 e. The Morgan fingerprint density at radius 1 is 1.29 bits per heavy atom. The van der Waals surface area contributed by atoms with Gasteiger partial charge in [0.25, 0.3) is 5.56 Å². The van der Waals surface area contributed by atoms with Gasteiger partial charge in [-0.25, -0.2) is 9.59 Å². The third kappa shape index (κ3) is 5.39. The predicted molar refractivity (Wildman–Crippen MR) is 93.1 cm³/mol. The Labute approximate surface area is 158 Å². The molecule has 1 N–H and O–H groups in total. The number of carbonyl (C=O) groups is 3. The molecule has 3 atom stereocenters. The molecule has 0 bridgehead atoms. The normalized spacial score (nSPS) is 21.5. The Hall–Kier alpha value is -3.21. The molecule has 2 rings (SSSR count). The number of carbonyl (C=O) groups excluding carboxylic acids is 3. The quantitative estimate of drug-likeness (QED) is 0.382. The summed E-state index contributed by atoms with van der Waals surface area (Å²) in [6.45, 7) is 2.36. The lowest BCUT2D eigenvalue weighted by molar-refractivity contribution is -0.153. The van der Waals surface area contributed by atoms with Gasteiger partial charge in [0.2, 0.25) is 0 Å². The molecular weight excluding hydrogens is 376 g/mol. The third-order valence-electron chi connectivity index (χ3n) is 3.80. The lowest BCUT2D eigenvalue weighted by Crippen LogP contribution is -2.37. The number of hydrogen-bond donors (Lipinski definition) is 1. The summed E-state index contributed by atoms with van der Waals surface area (Å²) in [4.78, 5) is 59.9. The highest BCUT2D eigenvalue weighted by Gasteiger charge is 2.40. The van der Waals surface area contributed by atoms with E-state index in [-0.39, 0.29) is 18.6 Å². The zero-order valence-electron chi connectivity index (χ0n) is 15.5. The van der Waals surface area contributed by atoms with Crippen LogP contribution in [0.2, 0.25) is 0 Å². The number of aromatic nitrogens is 2. The monoisotopic (exact) mass is 396 g/mol. The van der Waals surface area contributed by atoms with Gasteiger partial charge in [0.05, 0.1) is 18.8 Å². The van der Waals surface area contributed by atoms with Crippen molar-refractivity contribution in [1.29, 1.82) is 0 Å². The number of nitrogens with zero attached hydrogens (tertiary/aromatic N) is 1. The molecule has 0 saturated carbocycles. The minimum atomic E-state index is -1.06. The maximum absolute atomic E-state index is 12.3. The van der Waals surface area contributed by atoms with Crippen LogP contribution in [-0.2, 0) is 33.3 Å². The minimum absolute atomic E-state index is 0.0152. The van der Waals surface area contributed by atoms with Crippen LogP contribution in [0.25, 0.3) is 6.08 Å². The number of esters is 3. The molecule has 0 amide bonds. The highest BCUT2D eigenvalue weighted by Crippen LogP contribution is 2.30. The van der Waals surface area contributed by atoms with Crippen LogP contribution in [-0.4, -0.2) is 53.4 Å². The molecule has 1 aromatic rings. The second kappa shape index (κ2) is 9.13. The summed E-state index contributed by atoms with van der Waals surface area (Å²) in [5.74, 6) is -1.78. The molecule has 2 heterocycles. The summed E-state index contributed by atoms with van der Waals surface area (Å²) in [5.41, 5.74) is -1.53. The van der Waals surface area contributed by atoms with Gasteiger partial charge in [0.15, 0.2) is 6.23 Å². The Morgan fingerprint density at radius 3 is 2.61 bits per heavy atom. The first kappa shape index (κ1) is 21.1. The fourth-order valence-electron chi connectivity index (χ4n) is 2.63. The zero-order valence-corrected chi connectivity index (χ0v) is 15.5. The van der Waals surface area contributed by atoms with Crippen LogP contribution < -0.4 is 11.2 Å². The van der Waals surface area contributed by atoms with Gasteiger partial charge in [-0.05, 0) is 6.08 Å². The number of ether oxygens (including phenoxy) is 4. The molecule has 1 aliphatic rings. The Balaban J connectivity index is 2.35. The molecule has 1 saturated heterocycles. The van der Waals surface area contributed by atoms with Crippen molar-refractivity contribution < 1.29 is 33.3 Å². The van der Waals surface area contributed by atoms with Gasteiger partial charge in [0.1, 0.15) is 12.7 Å². The fourth-order valence-corrected chi connectivity index (χ4v) is 2.63. The summed E-state index contributed by atoms with van der Waals surface area (Å²) in [6, 6.07) is 0. The van der Waals surface area contributed by atoms with E-state index < -0.39 is 47.6 Å². The van der Waals surface area contributed by atoms with Crippen LogP contribution >= 0.6 is 0 Å². The van der Waals surface area contributed by atoms with Gasteiger partial charge in [0, 0.05) is 32.5 Å². The molecule has 0 aromatic carbocycles. The van der Waals surface area contributed by atoms with Crippen molar-refractivity contribution >= 4 is 24.0 Å². The van der Waals surface area contributed by atoms with E-state index in [1.807, 2.05) is 0 Å². The lowest BCUT2D eigenvalue weighted by Gasteiger charge is -2.20. The fraction of sp³-hybridized carbons (Fsp3) is 0.471. The zero-order chi connectivity index (χ0) is 20.8. The molecule has 1 aromatic heterocycles. The van der Waals surface area contributed by atoms with Crippen molar-refractivity contribution in [2.45, 2.75) is 38.7 Å². The van der Waals surface area contributed by atoms with Crippen molar-refractivity contribution in [3.63, 3.8) is 0 Å². The van der Waals surface area contributed by atoms with E-state index in [4.69, 9.17) is 14.2 Å². The van der Waals surface area contributed by atoms with Gasteiger partial charge in [-0.2, -0.15) is 0 Å². The maximum atomic E-state index is 12.3. The average molecular weight is 396 g/mol. The number of rotatable bonds is 6. The Morgan fingerprint density at radius 2 is 2.00 bits per heavy atom. The third-order valence-corrected chi connectivity index (χ3v) is 3.80. The van der Waals surface area contributed by atoms with Gasteiger partial charge >= 0.3 is 23.6 Å². The van der Waals surface area contributed by atoms with Crippen molar-refractivity contribution in [1.82, 2.24) is 9.55 Å². The van der Waals surface area contributed by atoms with E-state index in [1.54, 1.807) is 0 Å². The standard InChI is InChI=1S/C17H20N2O9/c1-9(20)26-8-12-6-13(27-10(2)21)16(28-12)19-7-11(4-5-14(22)25-3)15(23)18-17(19)24/h4-5,7,12-13,16H,6,8H2,1-3H3,(H,18,23,24)/t12-,13+,16+/m0/s1.